The maximum Gasteiger partial charge on any atom is 0.264 e. The number of aliphatic hydroxyl groups excluding tert-OH is 1. The van der Waals surface area contributed by atoms with Crippen molar-refractivity contribution in [1.29, 1.82) is 0 Å². The van der Waals surface area contributed by atoms with E-state index in [0.717, 1.165) is 33.1 Å². The van der Waals surface area contributed by atoms with Gasteiger partial charge in [-0.25, -0.2) is 0 Å². The van der Waals surface area contributed by atoms with Gasteiger partial charge in [0.1, 0.15) is 29.6 Å². The van der Waals surface area contributed by atoms with Crippen LogP contribution in [0.3, 0.4) is 0 Å². The van der Waals surface area contributed by atoms with Crippen molar-refractivity contribution in [2.24, 2.45) is 0 Å². The highest BCUT2D eigenvalue weighted by atomic mass is 32.1. The summed E-state index contributed by atoms with van der Waals surface area (Å²) in [5.41, 5.74) is 3.57. The van der Waals surface area contributed by atoms with Gasteiger partial charge >= 0.3 is 0 Å². The Morgan fingerprint density at radius 2 is 1.76 bits per heavy atom. The molecule has 5 rings (SSSR count). The number of amides is 1. The number of hydrogen-bond donors (Lipinski definition) is 1. The summed E-state index contributed by atoms with van der Waals surface area (Å²) in [6.07, 6.45) is -0.843. The monoisotopic (exact) mass is 471 g/mol. The molecule has 0 aliphatic heterocycles. The van der Waals surface area contributed by atoms with Gasteiger partial charge in [-0.1, -0.05) is 48.5 Å². The van der Waals surface area contributed by atoms with Gasteiger partial charge in [-0.05, 0) is 53.8 Å². The first-order chi connectivity index (χ1) is 16.6. The average molecular weight is 472 g/mol. The molecule has 6 heteroatoms. The van der Waals surface area contributed by atoms with E-state index in [1.54, 1.807) is 4.90 Å². The lowest BCUT2D eigenvalue weighted by atomic mass is 10.1. The predicted molar refractivity (Wildman–Crippen MR) is 135 cm³/mol. The quantitative estimate of drug-likeness (QED) is 0.300. The Morgan fingerprint density at radius 1 is 1.00 bits per heavy atom. The molecule has 0 unspecified atom stereocenters. The average Bonchev–Trinajstić information content (AvgIpc) is 3.45. The van der Waals surface area contributed by atoms with E-state index in [1.807, 2.05) is 91.2 Å². The maximum atomic E-state index is 13.3. The summed E-state index contributed by atoms with van der Waals surface area (Å²) in [5, 5.41) is 14.7. The number of furan rings is 1. The number of aryl methyl sites for hydroxylation is 1. The van der Waals surface area contributed by atoms with Crippen LogP contribution in [-0.2, 0) is 6.54 Å². The van der Waals surface area contributed by atoms with Gasteiger partial charge < -0.3 is 19.2 Å². The largest absolute Gasteiger partial charge is 0.491 e. The summed E-state index contributed by atoms with van der Waals surface area (Å²) in [4.78, 5) is 15.6. The van der Waals surface area contributed by atoms with Gasteiger partial charge in [-0.2, -0.15) is 0 Å². The third-order valence-corrected chi connectivity index (χ3v) is 6.79. The highest BCUT2D eigenvalue weighted by molar-refractivity contribution is 7.12. The maximum absolute atomic E-state index is 13.3. The molecule has 2 heterocycles. The van der Waals surface area contributed by atoms with E-state index in [-0.39, 0.29) is 19.1 Å². The molecule has 0 aliphatic rings. The van der Waals surface area contributed by atoms with E-state index < -0.39 is 6.10 Å². The molecular formula is C28H25NO4S. The van der Waals surface area contributed by atoms with Crippen molar-refractivity contribution >= 4 is 39.2 Å². The van der Waals surface area contributed by atoms with Gasteiger partial charge in [-0.15, -0.1) is 11.3 Å². The molecule has 1 amide bonds. The number of para-hydroxylation sites is 1. The normalized spacial score (nSPS) is 12.2. The number of rotatable bonds is 8. The van der Waals surface area contributed by atoms with E-state index >= 15 is 0 Å². The van der Waals surface area contributed by atoms with Crippen molar-refractivity contribution in [2.45, 2.75) is 19.6 Å². The Hall–Kier alpha value is -3.61. The molecule has 0 saturated carbocycles. The van der Waals surface area contributed by atoms with Gasteiger partial charge in [0.05, 0.1) is 11.4 Å². The molecule has 5 nitrogen and oxygen atoms in total. The fourth-order valence-corrected chi connectivity index (χ4v) is 4.95. The van der Waals surface area contributed by atoms with Crippen molar-refractivity contribution < 1.29 is 19.1 Å². The SMILES string of the molecule is Cc1ccsc1C(=O)N(Cc1ccccc1)C[C@@H](O)COc1ccc2oc3ccccc3c2c1. The number of ether oxygens (including phenoxy) is 1. The Bertz CT molecular complexity index is 1420. The number of thiophene rings is 1. The Labute approximate surface area is 201 Å². The summed E-state index contributed by atoms with van der Waals surface area (Å²) in [5.74, 6) is 0.565. The fourth-order valence-electron chi connectivity index (χ4n) is 4.05. The predicted octanol–water partition coefficient (Wildman–Crippen LogP) is 6.04. The molecule has 172 valence electrons. The highest BCUT2D eigenvalue weighted by Crippen LogP contribution is 2.31. The van der Waals surface area contributed by atoms with E-state index in [4.69, 9.17) is 9.15 Å². The van der Waals surface area contributed by atoms with Crippen molar-refractivity contribution in [3.8, 4) is 5.75 Å². The molecule has 34 heavy (non-hydrogen) atoms. The Morgan fingerprint density at radius 3 is 2.56 bits per heavy atom. The minimum absolute atomic E-state index is 0.0727. The number of carbonyl (C=O) groups excluding carboxylic acids is 1. The zero-order valence-corrected chi connectivity index (χ0v) is 19.6. The van der Waals surface area contributed by atoms with Crippen LogP contribution in [0.25, 0.3) is 21.9 Å². The van der Waals surface area contributed by atoms with Crippen LogP contribution < -0.4 is 4.74 Å². The number of carbonyl (C=O) groups is 1. The molecule has 3 aromatic carbocycles. The summed E-state index contributed by atoms with van der Waals surface area (Å²) < 4.78 is 11.8. The topological polar surface area (TPSA) is 62.9 Å². The molecule has 0 fully saturated rings. The summed E-state index contributed by atoms with van der Waals surface area (Å²) in [6.45, 7) is 2.59. The standard InChI is InChI=1S/C28H25NO4S/c1-19-13-14-34-27(19)28(31)29(16-20-7-3-2-4-8-20)17-21(30)18-32-22-11-12-26-24(15-22)23-9-5-6-10-25(23)33-26/h2-15,21,30H,16-18H2,1H3/t21-/m1/s1. The van der Waals surface area contributed by atoms with Gasteiger partial charge in [0.2, 0.25) is 0 Å². The third kappa shape index (κ3) is 4.69. The molecule has 1 atom stereocenters. The molecule has 1 N–H and O–H groups in total. The lowest BCUT2D eigenvalue weighted by Crippen LogP contribution is -2.39. The van der Waals surface area contributed by atoms with Crippen molar-refractivity contribution in [1.82, 2.24) is 4.90 Å². The molecular weight excluding hydrogens is 446 g/mol. The van der Waals surface area contributed by atoms with Crippen LogP contribution in [-0.4, -0.2) is 35.2 Å². The zero-order valence-electron chi connectivity index (χ0n) is 18.8. The highest BCUT2D eigenvalue weighted by Gasteiger charge is 2.22. The molecule has 0 bridgehead atoms. The first kappa shape index (κ1) is 22.2. The summed E-state index contributed by atoms with van der Waals surface area (Å²) in [6, 6.07) is 25.2. The number of benzene rings is 3. The second-order valence-electron chi connectivity index (χ2n) is 8.33. The Balaban J connectivity index is 1.30. The molecule has 0 spiro atoms. The zero-order chi connectivity index (χ0) is 23.5. The molecule has 0 saturated heterocycles. The van der Waals surface area contributed by atoms with Crippen LogP contribution in [0.1, 0.15) is 20.8 Å². The summed E-state index contributed by atoms with van der Waals surface area (Å²) in [7, 11) is 0. The van der Waals surface area contributed by atoms with Crippen LogP contribution in [0.15, 0.2) is 88.7 Å². The number of aliphatic hydroxyl groups is 1. The van der Waals surface area contributed by atoms with Crippen LogP contribution in [0.2, 0.25) is 0 Å². The van der Waals surface area contributed by atoms with Gasteiger partial charge in [0, 0.05) is 17.3 Å². The molecule has 0 radical (unpaired) electrons. The molecule has 5 aromatic rings. The second-order valence-corrected chi connectivity index (χ2v) is 9.24. The Kier molecular flexibility index (Phi) is 6.34. The first-order valence-electron chi connectivity index (χ1n) is 11.2. The molecule has 0 aliphatic carbocycles. The van der Waals surface area contributed by atoms with Crippen LogP contribution in [0.4, 0.5) is 0 Å². The smallest absolute Gasteiger partial charge is 0.264 e. The summed E-state index contributed by atoms with van der Waals surface area (Å²) >= 11 is 1.42. The van der Waals surface area contributed by atoms with E-state index in [9.17, 15) is 9.90 Å². The van der Waals surface area contributed by atoms with E-state index in [2.05, 4.69) is 0 Å². The van der Waals surface area contributed by atoms with Crippen molar-refractivity contribution in [3.05, 3.63) is 100 Å². The number of hydrogen-bond acceptors (Lipinski definition) is 5. The van der Waals surface area contributed by atoms with Crippen LogP contribution >= 0.6 is 11.3 Å². The minimum atomic E-state index is -0.843. The third-order valence-electron chi connectivity index (χ3n) is 5.78. The molecule has 2 aromatic heterocycles. The minimum Gasteiger partial charge on any atom is -0.491 e. The lowest BCUT2D eigenvalue weighted by molar-refractivity contribution is 0.0485. The van der Waals surface area contributed by atoms with Crippen LogP contribution in [0, 0.1) is 6.92 Å². The van der Waals surface area contributed by atoms with Crippen LogP contribution in [0.5, 0.6) is 5.75 Å². The van der Waals surface area contributed by atoms with Gasteiger partial charge in [0.15, 0.2) is 0 Å². The number of nitrogens with zero attached hydrogens (tertiary/aromatic N) is 1. The van der Waals surface area contributed by atoms with Crippen molar-refractivity contribution in [3.63, 3.8) is 0 Å². The van der Waals surface area contributed by atoms with Crippen molar-refractivity contribution in [2.75, 3.05) is 13.2 Å². The lowest BCUT2D eigenvalue weighted by Gasteiger charge is -2.25. The van der Waals surface area contributed by atoms with E-state index in [1.165, 1.54) is 11.3 Å². The van der Waals surface area contributed by atoms with Gasteiger partial charge in [0.25, 0.3) is 5.91 Å². The van der Waals surface area contributed by atoms with Gasteiger partial charge in [-0.3, -0.25) is 4.79 Å². The first-order valence-corrected chi connectivity index (χ1v) is 12.1. The number of fused-ring (bicyclic) bond motifs is 3. The second kappa shape index (κ2) is 9.71. The fraction of sp³-hybridized carbons (Fsp3) is 0.179. The van der Waals surface area contributed by atoms with E-state index in [0.29, 0.717) is 17.2 Å².